The third-order valence-electron chi connectivity index (χ3n) is 10.9. The maximum atomic E-state index is 5.63. The van der Waals surface area contributed by atoms with E-state index in [1.165, 1.54) is 54.8 Å². The van der Waals surface area contributed by atoms with Gasteiger partial charge in [0, 0.05) is 33.6 Å². The summed E-state index contributed by atoms with van der Waals surface area (Å²) in [5, 5.41) is 2.98. The predicted molar refractivity (Wildman–Crippen MR) is 207 cm³/mol. The number of aryl methyl sites for hydroxylation is 2. The van der Waals surface area contributed by atoms with E-state index < -0.39 is 0 Å². The molecule has 5 aromatic rings. The van der Waals surface area contributed by atoms with Gasteiger partial charge >= 0.3 is 0 Å². The van der Waals surface area contributed by atoms with Crippen LogP contribution in [-0.2, 0) is 6.42 Å². The number of para-hydroxylation sites is 1. The van der Waals surface area contributed by atoms with Gasteiger partial charge in [-0.3, -0.25) is 4.99 Å². The first-order valence-electron chi connectivity index (χ1n) is 17.6. The minimum absolute atomic E-state index is 0.136. The van der Waals surface area contributed by atoms with Crippen LogP contribution in [0.15, 0.2) is 154 Å². The first-order valence-corrected chi connectivity index (χ1v) is 18.4. The first-order chi connectivity index (χ1) is 23.5. The van der Waals surface area contributed by atoms with E-state index in [2.05, 4.69) is 167 Å². The number of fused-ring (bicyclic) bond motifs is 4. The Bertz CT molecular complexity index is 2150. The highest BCUT2D eigenvalue weighted by Crippen LogP contribution is 2.56. The number of nitrogens with zero attached hydrogens (tertiary/aromatic N) is 1. The fourth-order valence-corrected chi connectivity index (χ4v) is 9.99. The number of aliphatic imine (C=N–C) groups is 1. The molecule has 0 aromatic heterocycles. The van der Waals surface area contributed by atoms with Gasteiger partial charge in [-0.05, 0) is 106 Å². The molecule has 2 heteroatoms. The lowest BCUT2D eigenvalue weighted by atomic mass is 9.67. The van der Waals surface area contributed by atoms with Crippen LogP contribution in [-0.4, -0.2) is 11.0 Å². The molecule has 0 spiro atoms. The summed E-state index contributed by atoms with van der Waals surface area (Å²) in [5.74, 6) is 0.722. The molecule has 0 N–H and O–H groups in total. The van der Waals surface area contributed by atoms with Gasteiger partial charge in [-0.25, -0.2) is 0 Å². The van der Waals surface area contributed by atoms with Crippen molar-refractivity contribution >= 4 is 39.5 Å². The lowest BCUT2D eigenvalue weighted by molar-refractivity contribution is 0.570. The van der Waals surface area contributed by atoms with Crippen molar-refractivity contribution in [1.29, 1.82) is 0 Å². The lowest BCUT2D eigenvalue weighted by Gasteiger charge is -2.45. The minimum atomic E-state index is 0.136. The van der Waals surface area contributed by atoms with E-state index in [1.807, 2.05) is 0 Å². The van der Waals surface area contributed by atoms with Gasteiger partial charge in [0.25, 0.3) is 0 Å². The monoisotopic (exact) mass is 641 g/mol. The summed E-state index contributed by atoms with van der Waals surface area (Å²) in [6.07, 6.45) is 8.15. The molecule has 0 saturated carbocycles. The Labute approximate surface area is 290 Å². The van der Waals surface area contributed by atoms with E-state index in [0.717, 1.165) is 24.9 Å². The minimum Gasteiger partial charge on any atom is -0.256 e. The number of hydrogen-bond acceptors (Lipinski definition) is 2. The SMILES string of the molecule is Cc1ccccc1N=C(C(C)c1ccccc1)[C@H](C)C1=C(c2ccccc2C)C2=C(C=CCC2)[C@@H]2Cc3cc4ccccc4cc3SC12. The van der Waals surface area contributed by atoms with Crippen LogP contribution in [0.1, 0.15) is 60.4 Å². The second-order valence-corrected chi connectivity index (χ2v) is 15.0. The van der Waals surface area contributed by atoms with E-state index >= 15 is 0 Å². The maximum Gasteiger partial charge on any atom is 0.0658 e. The van der Waals surface area contributed by atoms with Crippen LogP contribution in [0.4, 0.5) is 5.69 Å². The zero-order valence-corrected chi connectivity index (χ0v) is 29.2. The topological polar surface area (TPSA) is 12.4 Å². The Balaban J connectivity index is 1.39. The summed E-state index contributed by atoms with van der Waals surface area (Å²) in [6, 6.07) is 42.5. The van der Waals surface area contributed by atoms with Crippen LogP contribution in [0.2, 0.25) is 0 Å². The van der Waals surface area contributed by atoms with Gasteiger partial charge in [0.2, 0.25) is 0 Å². The predicted octanol–water partition coefficient (Wildman–Crippen LogP) is 12.4. The van der Waals surface area contributed by atoms with Crippen molar-refractivity contribution in [3.8, 4) is 0 Å². The molecule has 48 heavy (non-hydrogen) atoms. The molecular weight excluding hydrogens is 599 g/mol. The summed E-state index contributed by atoms with van der Waals surface area (Å²) in [6.45, 7) is 9.30. The highest BCUT2D eigenvalue weighted by atomic mass is 32.2. The average Bonchev–Trinajstić information content (AvgIpc) is 3.12. The van der Waals surface area contributed by atoms with E-state index in [9.17, 15) is 0 Å². The van der Waals surface area contributed by atoms with Crippen molar-refractivity contribution in [3.05, 3.63) is 172 Å². The molecule has 1 heterocycles. The van der Waals surface area contributed by atoms with Gasteiger partial charge in [0.15, 0.2) is 0 Å². The van der Waals surface area contributed by atoms with Gasteiger partial charge in [-0.1, -0.05) is 129 Å². The fraction of sp³-hybridized carbons (Fsp3) is 0.239. The van der Waals surface area contributed by atoms with Crippen LogP contribution in [0.3, 0.4) is 0 Å². The van der Waals surface area contributed by atoms with E-state index in [4.69, 9.17) is 4.99 Å². The molecule has 5 aromatic carbocycles. The third kappa shape index (κ3) is 5.51. The standard InChI is InChI=1S/C46H43NS/c1-29-16-8-12-22-37(29)44-39-24-14-13-23-38(39)40-27-36-26-34-20-10-11-21-35(34)28-42(36)48-46(40)43(44)32(4)45(31(3)33-18-6-5-7-19-33)47-41-25-15-9-17-30(41)2/h5-13,15-23,25-26,28,31-32,40,46H,14,24,27H2,1-4H3/t31?,32-,40+,46?/m1/s1. The number of thioether (sulfide) groups is 1. The second-order valence-electron chi connectivity index (χ2n) is 13.9. The molecule has 0 radical (unpaired) electrons. The molecule has 0 fully saturated rings. The smallest absolute Gasteiger partial charge is 0.0658 e. The Morgan fingerprint density at radius 1 is 0.750 bits per heavy atom. The molecule has 8 rings (SSSR count). The summed E-state index contributed by atoms with van der Waals surface area (Å²) < 4.78 is 0. The zero-order chi connectivity index (χ0) is 32.8. The molecule has 0 amide bonds. The van der Waals surface area contributed by atoms with Crippen LogP contribution in [0.5, 0.6) is 0 Å². The van der Waals surface area contributed by atoms with E-state index in [-0.39, 0.29) is 11.8 Å². The van der Waals surface area contributed by atoms with Crippen molar-refractivity contribution in [1.82, 2.24) is 0 Å². The van der Waals surface area contributed by atoms with Gasteiger partial charge in [-0.2, -0.15) is 0 Å². The quantitative estimate of drug-likeness (QED) is 0.168. The third-order valence-corrected chi connectivity index (χ3v) is 12.4. The fourth-order valence-electron chi connectivity index (χ4n) is 8.37. The molecular formula is C46H43NS. The summed E-state index contributed by atoms with van der Waals surface area (Å²) in [5.41, 5.74) is 15.2. The number of rotatable bonds is 6. The number of hydrogen-bond donors (Lipinski definition) is 0. The lowest BCUT2D eigenvalue weighted by Crippen LogP contribution is -2.37. The van der Waals surface area contributed by atoms with Crippen LogP contribution < -0.4 is 0 Å². The van der Waals surface area contributed by atoms with E-state index in [0.29, 0.717) is 11.2 Å². The van der Waals surface area contributed by atoms with Gasteiger partial charge < -0.3 is 0 Å². The van der Waals surface area contributed by atoms with E-state index in [1.54, 1.807) is 16.7 Å². The molecule has 3 aliphatic rings. The largest absolute Gasteiger partial charge is 0.256 e. The highest BCUT2D eigenvalue weighted by molar-refractivity contribution is 8.00. The molecule has 0 bridgehead atoms. The van der Waals surface area contributed by atoms with Crippen molar-refractivity contribution in [2.75, 3.05) is 0 Å². The van der Waals surface area contributed by atoms with Crippen molar-refractivity contribution in [2.45, 2.75) is 63.0 Å². The van der Waals surface area contributed by atoms with Gasteiger partial charge in [-0.15, -0.1) is 11.8 Å². The second kappa shape index (κ2) is 12.9. The normalized spacial score (nSPS) is 20.3. The Morgan fingerprint density at radius 3 is 2.21 bits per heavy atom. The number of allylic oxidation sites excluding steroid dienone is 5. The van der Waals surface area contributed by atoms with Crippen LogP contribution in [0.25, 0.3) is 16.3 Å². The molecule has 1 aliphatic heterocycles. The summed E-state index contributed by atoms with van der Waals surface area (Å²) in [7, 11) is 0. The Morgan fingerprint density at radius 2 is 1.44 bits per heavy atom. The van der Waals surface area contributed by atoms with Crippen LogP contribution >= 0.6 is 11.8 Å². The summed E-state index contributed by atoms with van der Waals surface area (Å²) in [4.78, 5) is 7.06. The first kappa shape index (κ1) is 30.9. The highest BCUT2D eigenvalue weighted by Gasteiger charge is 2.44. The zero-order valence-electron chi connectivity index (χ0n) is 28.4. The molecule has 1 nitrogen and oxygen atoms in total. The van der Waals surface area contributed by atoms with Gasteiger partial charge in [0.05, 0.1) is 5.69 Å². The Kier molecular flexibility index (Phi) is 8.30. The molecule has 4 atom stereocenters. The molecule has 238 valence electrons. The molecule has 2 unspecified atom stereocenters. The average molecular weight is 642 g/mol. The number of benzene rings is 5. The maximum absolute atomic E-state index is 5.63. The molecule has 0 saturated heterocycles. The van der Waals surface area contributed by atoms with Crippen LogP contribution in [0, 0.1) is 25.7 Å². The molecule has 2 aliphatic carbocycles. The van der Waals surface area contributed by atoms with Crippen molar-refractivity contribution in [2.24, 2.45) is 16.8 Å². The van der Waals surface area contributed by atoms with Gasteiger partial charge in [0.1, 0.15) is 0 Å². The van der Waals surface area contributed by atoms with Crippen molar-refractivity contribution in [3.63, 3.8) is 0 Å². The summed E-state index contributed by atoms with van der Waals surface area (Å²) >= 11 is 2.11. The Hall–Kier alpha value is -4.40. The van der Waals surface area contributed by atoms with Crippen molar-refractivity contribution < 1.29 is 0 Å².